The van der Waals surface area contributed by atoms with Gasteiger partial charge < -0.3 is 14.5 Å². The molecule has 0 bridgehead atoms. The van der Waals surface area contributed by atoms with E-state index in [1.165, 1.54) is 11.8 Å². The van der Waals surface area contributed by atoms with E-state index in [0.29, 0.717) is 21.7 Å². The number of nitrogens with one attached hydrogen (secondary N) is 1. The number of imidazole rings is 2. The molecule has 0 saturated carbocycles. The molecule has 0 fully saturated rings. The van der Waals surface area contributed by atoms with Crippen LogP contribution < -0.4 is 0 Å². The summed E-state index contributed by atoms with van der Waals surface area (Å²) in [6, 6.07) is 5.12. The predicted molar refractivity (Wildman–Crippen MR) is 87.8 cm³/mol. The van der Waals surface area contributed by atoms with Crippen molar-refractivity contribution < 1.29 is 18.0 Å². The number of aromatic nitrogens is 4. The molecule has 0 aliphatic carbocycles. The Bertz CT molecular complexity index is 1020. The molecule has 1 aliphatic heterocycles. The van der Waals surface area contributed by atoms with Crippen LogP contribution in [0.5, 0.6) is 0 Å². The number of aryl methyl sites for hydroxylation is 1. The van der Waals surface area contributed by atoms with Crippen molar-refractivity contribution in [1.82, 2.24) is 24.4 Å². The van der Waals surface area contributed by atoms with E-state index in [9.17, 15) is 18.0 Å². The van der Waals surface area contributed by atoms with Gasteiger partial charge in [0.2, 0.25) is 5.82 Å². The number of hydrogen-bond acceptors (Lipinski definition) is 3. The molecule has 4 rings (SSSR count). The molecule has 0 unspecified atom stereocenters. The van der Waals surface area contributed by atoms with Crippen LogP contribution >= 0.6 is 11.6 Å². The average Bonchev–Trinajstić information content (AvgIpc) is 3.16. The lowest BCUT2D eigenvalue weighted by atomic mass is 10.2. The highest BCUT2D eigenvalue weighted by Crippen LogP contribution is 2.32. The second kappa shape index (κ2) is 5.73. The fraction of sp³-hybridized carbons (Fsp3) is 0.312. The summed E-state index contributed by atoms with van der Waals surface area (Å²) >= 11 is 6.08. The van der Waals surface area contributed by atoms with E-state index in [-0.39, 0.29) is 31.2 Å². The number of alkyl halides is 3. The molecule has 0 saturated heterocycles. The monoisotopic (exact) mass is 383 g/mol. The second-order valence-electron chi connectivity index (χ2n) is 6.06. The van der Waals surface area contributed by atoms with Crippen LogP contribution in [0.15, 0.2) is 18.2 Å². The molecule has 0 spiro atoms. The fourth-order valence-corrected chi connectivity index (χ4v) is 3.38. The minimum Gasteiger partial charge on any atom is -0.333 e. The van der Waals surface area contributed by atoms with E-state index in [4.69, 9.17) is 11.6 Å². The first-order valence-electron chi connectivity index (χ1n) is 7.82. The maximum Gasteiger partial charge on any atom is 0.449 e. The van der Waals surface area contributed by atoms with Gasteiger partial charge >= 0.3 is 6.18 Å². The largest absolute Gasteiger partial charge is 0.449 e. The van der Waals surface area contributed by atoms with Crippen LogP contribution in [0.25, 0.3) is 11.0 Å². The van der Waals surface area contributed by atoms with E-state index in [1.807, 2.05) is 0 Å². The topological polar surface area (TPSA) is 66.8 Å². The number of aromatic amines is 1. The standard InChI is InChI=1S/C16H13ClF3N5O/c1-8-11-7-24(5-6-25(11)15(21-8)16(18,19)20)14(26)13-22-10-4-2-3-9(17)12(10)23-13/h2-4H,5-7H2,1H3,(H,22,23). The minimum atomic E-state index is -4.52. The Balaban J connectivity index is 1.65. The molecule has 0 radical (unpaired) electrons. The van der Waals surface area contributed by atoms with Crippen LogP contribution in [0.2, 0.25) is 5.02 Å². The van der Waals surface area contributed by atoms with Crippen molar-refractivity contribution in [2.75, 3.05) is 6.54 Å². The summed E-state index contributed by atoms with van der Waals surface area (Å²) < 4.78 is 40.4. The zero-order chi connectivity index (χ0) is 18.6. The summed E-state index contributed by atoms with van der Waals surface area (Å²) in [4.78, 5) is 25.0. The Labute approximate surface area is 150 Å². The number of para-hydroxylation sites is 1. The number of hydrogen-bond donors (Lipinski definition) is 1. The third kappa shape index (κ3) is 2.63. The summed E-state index contributed by atoms with van der Waals surface area (Å²) in [5.41, 5.74) is 1.75. The van der Waals surface area contributed by atoms with E-state index in [1.54, 1.807) is 18.2 Å². The summed E-state index contributed by atoms with van der Waals surface area (Å²) in [5, 5.41) is 0.441. The zero-order valence-corrected chi connectivity index (χ0v) is 14.3. The molecule has 0 atom stereocenters. The lowest BCUT2D eigenvalue weighted by Crippen LogP contribution is -2.39. The van der Waals surface area contributed by atoms with Crippen molar-refractivity contribution in [2.24, 2.45) is 0 Å². The van der Waals surface area contributed by atoms with Crippen molar-refractivity contribution in [1.29, 1.82) is 0 Å². The third-order valence-electron chi connectivity index (χ3n) is 4.42. The van der Waals surface area contributed by atoms with E-state index in [2.05, 4.69) is 15.0 Å². The molecule has 26 heavy (non-hydrogen) atoms. The minimum absolute atomic E-state index is 0.0255. The van der Waals surface area contributed by atoms with Crippen LogP contribution in [-0.4, -0.2) is 36.9 Å². The van der Waals surface area contributed by atoms with Crippen molar-refractivity contribution in [3.05, 3.63) is 46.3 Å². The Kier molecular flexibility index (Phi) is 3.72. The highest BCUT2D eigenvalue weighted by molar-refractivity contribution is 6.35. The molecule has 136 valence electrons. The molecule has 1 N–H and O–H groups in total. The predicted octanol–water partition coefficient (Wildman–Crippen LogP) is 3.40. The number of H-pyrrole nitrogens is 1. The first kappa shape index (κ1) is 16.9. The number of rotatable bonds is 1. The van der Waals surface area contributed by atoms with Crippen molar-refractivity contribution in [2.45, 2.75) is 26.2 Å². The highest BCUT2D eigenvalue weighted by Gasteiger charge is 2.40. The molecule has 1 amide bonds. The number of fused-ring (bicyclic) bond motifs is 2. The smallest absolute Gasteiger partial charge is 0.333 e. The van der Waals surface area contributed by atoms with Crippen LogP contribution in [0.3, 0.4) is 0 Å². The fourth-order valence-electron chi connectivity index (χ4n) is 3.17. The molecule has 3 aromatic rings. The molecule has 10 heteroatoms. The highest BCUT2D eigenvalue weighted by atomic mass is 35.5. The summed E-state index contributed by atoms with van der Waals surface area (Å²) in [7, 11) is 0. The Hall–Kier alpha value is -2.55. The van der Waals surface area contributed by atoms with Gasteiger partial charge in [-0.1, -0.05) is 17.7 Å². The maximum absolute atomic E-state index is 13.1. The first-order valence-corrected chi connectivity index (χ1v) is 8.20. The number of amides is 1. The Morgan fingerprint density at radius 1 is 1.27 bits per heavy atom. The summed E-state index contributed by atoms with van der Waals surface area (Å²) in [6.45, 7) is 1.71. The van der Waals surface area contributed by atoms with Gasteiger partial charge in [0.1, 0.15) is 0 Å². The molecule has 2 aromatic heterocycles. The zero-order valence-electron chi connectivity index (χ0n) is 13.6. The van der Waals surface area contributed by atoms with Gasteiger partial charge in [-0.3, -0.25) is 4.79 Å². The van der Waals surface area contributed by atoms with E-state index in [0.717, 1.165) is 4.57 Å². The van der Waals surface area contributed by atoms with Crippen LogP contribution in [0, 0.1) is 6.92 Å². The van der Waals surface area contributed by atoms with Gasteiger partial charge in [0, 0.05) is 13.1 Å². The second-order valence-corrected chi connectivity index (χ2v) is 6.47. The quantitative estimate of drug-likeness (QED) is 0.700. The van der Waals surface area contributed by atoms with Crippen molar-refractivity contribution in [3.63, 3.8) is 0 Å². The maximum atomic E-state index is 13.1. The number of carbonyl (C=O) groups is 1. The van der Waals surface area contributed by atoms with Gasteiger partial charge in [0.25, 0.3) is 5.91 Å². The van der Waals surface area contributed by atoms with Gasteiger partial charge in [0.15, 0.2) is 5.82 Å². The van der Waals surface area contributed by atoms with Crippen LogP contribution in [0.1, 0.15) is 27.8 Å². The van der Waals surface area contributed by atoms with Gasteiger partial charge in [-0.2, -0.15) is 13.2 Å². The van der Waals surface area contributed by atoms with E-state index < -0.39 is 17.9 Å². The van der Waals surface area contributed by atoms with Gasteiger partial charge in [-0.25, -0.2) is 9.97 Å². The molecule has 1 aliphatic rings. The summed E-state index contributed by atoms with van der Waals surface area (Å²) in [5.74, 6) is -1.21. The molecular formula is C16H13ClF3N5O. The first-order chi connectivity index (χ1) is 12.3. The lowest BCUT2D eigenvalue weighted by molar-refractivity contribution is -0.147. The van der Waals surface area contributed by atoms with Crippen LogP contribution in [0.4, 0.5) is 13.2 Å². The third-order valence-corrected chi connectivity index (χ3v) is 4.73. The normalized spacial score (nSPS) is 14.7. The van der Waals surface area contributed by atoms with Gasteiger partial charge in [-0.15, -0.1) is 0 Å². The number of halogens is 4. The van der Waals surface area contributed by atoms with Crippen LogP contribution in [-0.2, 0) is 19.3 Å². The van der Waals surface area contributed by atoms with E-state index >= 15 is 0 Å². The average molecular weight is 384 g/mol. The van der Waals surface area contributed by atoms with Gasteiger partial charge in [-0.05, 0) is 19.1 Å². The molecular weight excluding hydrogens is 371 g/mol. The van der Waals surface area contributed by atoms with Crippen molar-refractivity contribution in [3.8, 4) is 0 Å². The Morgan fingerprint density at radius 2 is 2.04 bits per heavy atom. The number of nitrogens with zero attached hydrogens (tertiary/aromatic N) is 4. The molecule has 6 nitrogen and oxygen atoms in total. The Morgan fingerprint density at radius 3 is 2.73 bits per heavy atom. The van der Waals surface area contributed by atoms with Gasteiger partial charge in [0.05, 0.1) is 34.0 Å². The molecule has 3 heterocycles. The number of benzene rings is 1. The number of carbonyl (C=O) groups excluding carboxylic acids is 1. The van der Waals surface area contributed by atoms with Crippen molar-refractivity contribution >= 4 is 28.5 Å². The molecule has 1 aromatic carbocycles. The SMILES string of the molecule is Cc1nc(C(F)(F)F)n2c1CN(C(=O)c1nc3cccc(Cl)c3[nH]1)CC2. The summed E-state index contributed by atoms with van der Waals surface area (Å²) in [6.07, 6.45) is -4.52. The lowest BCUT2D eigenvalue weighted by Gasteiger charge is -2.29.